The number of nitrogens with two attached hydrogens (primary N) is 1. The van der Waals surface area contributed by atoms with Crippen LogP contribution in [0.3, 0.4) is 0 Å². The first-order valence-corrected chi connectivity index (χ1v) is 7.20. The van der Waals surface area contributed by atoms with Gasteiger partial charge in [0, 0.05) is 10.0 Å². The van der Waals surface area contributed by atoms with Gasteiger partial charge in [-0.3, -0.25) is 0 Å². The van der Waals surface area contributed by atoms with E-state index in [4.69, 9.17) is 5.73 Å². The number of aromatic nitrogens is 2. The molecule has 2 aromatic rings. The van der Waals surface area contributed by atoms with E-state index in [1.165, 1.54) is 5.56 Å². The van der Waals surface area contributed by atoms with Gasteiger partial charge in [0.15, 0.2) is 5.82 Å². The predicted octanol–water partition coefficient (Wildman–Crippen LogP) is 4.12. The van der Waals surface area contributed by atoms with Crippen LogP contribution in [0.2, 0.25) is 0 Å². The number of nitrogen functional groups attached to an aromatic ring is 1. The van der Waals surface area contributed by atoms with Gasteiger partial charge in [-0.25, -0.2) is 9.97 Å². The molecule has 1 aromatic heterocycles. The van der Waals surface area contributed by atoms with Crippen molar-refractivity contribution in [1.82, 2.24) is 9.97 Å². The molecule has 18 heavy (non-hydrogen) atoms. The van der Waals surface area contributed by atoms with E-state index in [0.29, 0.717) is 11.6 Å². The van der Waals surface area contributed by atoms with Gasteiger partial charge in [-0.05, 0) is 40.9 Å². The highest BCUT2D eigenvalue weighted by Gasteiger charge is 2.10. The minimum absolute atomic E-state index is 0.480. The molecule has 0 radical (unpaired) electrons. The summed E-state index contributed by atoms with van der Waals surface area (Å²) in [4.78, 5) is 8.86. The van der Waals surface area contributed by atoms with Gasteiger partial charge in [0.05, 0.1) is 10.2 Å². The molecule has 0 saturated carbocycles. The SMILES string of the molecule is CCc1nc(-c2ccc(C)c(Br)c2)nc(N)c1Br. The number of aryl methyl sites for hydroxylation is 2. The van der Waals surface area contributed by atoms with Crippen molar-refractivity contribution in [3.05, 3.63) is 38.4 Å². The van der Waals surface area contributed by atoms with E-state index >= 15 is 0 Å². The highest BCUT2D eigenvalue weighted by Crippen LogP contribution is 2.27. The van der Waals surface area contributed by atoms with Crippen molar-refractivity contribution in [3.63, 3.8) is 0 Å². The molecule has 0 aliphatic rings. The quantitative estimate of drug-likeness (QED) is 0.864. The number of rotatable bonds is 2. The lowest BCUT2D eigenvalue weighted by molar-refractivity contribution is 0.995. The molecule has 0 amide bonds. The van der Waals surface area contributed by atoms with Crippen LogP contribution in [0.1, 0.15) is 18.2 Å². The van der Waals surface area contributed by atoms with Crippen LogP contribution in [-0.4, -0.2) is 9.97 Å². The van der Waals surface area contributed by atoms with Gasteiger partial charge in [-0.2, -0.15) is 0 Å². The summed E-state index contributed by atoms with van der Waals surface area (Å²) in [5.74, 6) is 1.14. The number of halogens is 2. The summed E-state index contributed by atoms with van der Waals surface area (Å²) in [5.41, 5.74) is 8.96. The second-order valence-corrected chi connectivity index (χ2v) is 5.66. The molecular formula is C13H13Br2N3. The van der Waals surface area contributed by atoms with Gasteiger partial charge in [-0.1, -0.05) is 35.0 Å². The zero-order chi connectivity index (χ0) is 13.3. The Morgan fingerprint density at radius 3 is 2.56 bits per heavy atom. The minimum atomic E-state index is 0.480. The summed E-state index contributed by atoms with van der Waals surface area (Å²) in [6.45, 7) is 4.09. The Labute approximate surface area is 123 Å². The van der Waals surface area contributed by atoms with Crippen molar-refractivity contribution in [1.29, 1.82) is 0 Å². The molecule has 94 valence electrons. The van der Waals surface area contributed by atoms with E-state index in [-0.39, 0.29) is 0 Å². The Morgan fingerprint density at radius 2 is 1.94 bits per heavy atom. The minimum Gasteiger partial charge on any atom is -0.383 e. The molecule has 0 bridgehead atoms. The van der Waals surface area contributed by atoms with Crippen molar-refractivity contribution >= 4 is 37.7 Å². The summed E-state index contributed by atoms with van der Waals surface area (Å²) in [7, 11) is 0. The first-order valence-electron chi connectivity index (χ1n) is 5.61. The number of anilines is 1. The highest BCUT2D eigenvalue weighted by atomic mass is 79.9. The van der Waals surface area contributed by atoms with Crippen molar-refractivity contribution in [2.45, 2.75) is 20.3 Å². The molecule has 0 aliphatic carbocycles. The first-order chi connectivity index (χ1) is 8.52. The van der Waals surface area contributed by atoms with Crippen LogP contribution in [0.4, 0.5) is 5.82 Å². The number of benzene rings is 1. The van der Waals surface area contributed by atoms with E-state index in [2.05, 4.69) is 41.8 Å². The Balaban J connectivity index is 2.57. The Hall–Kier alpha value is -0.940. The van der Waals surface area contributed by atoms with Crippen LogP contribution < -0.4 is 5.73 Å². The lowest BCUT2D eigenvalue weighted by Crippen LogP contribution is -2.02. The molecule has 0 aliphatic heterocycles. The van der Waals surface area contributed by atoms with Crippen LogP contribution in [0.25, 0.3) is 11.4 Å². The maximum atomic E-state index is 5.89. The van der Waals surface area contributed by atoms with Gasteiger partial charge in [0.1, 0.15) is 5.82 Å². The molecule has 2 N–H and O–H groups in total. The molecule has 1 heterocycles. The fourth-order valence-corrected chi connectivity index (χ4v) is 2.44. The molecule has 0 unspecified atom stereocenters. The van der Waals surface area contributed by atoms with E-state index in [1.807, 2.05) is 32.0 Å². The molecule has 0 fully saturated rings. The monoisotopic (exact) mass is 369 g/mol. The Bertz CT molecular complexity index is 597. The normalized spacial score (nSPS) is 10.7. The highest BCUT2D eigenvalue weighted by molar-refractivity contribution is 9.11. The zero-order valence-electron chi connectivity index (χ0n) is 10.2. The van der Waals surface area contributed by atoms with Crippen LogP contribution >= 0.6 is 31.9 Å². The molecule has 1 aromatic carbocycles. The standard InChI is InChI=1S/C13H13Br2N3/c1-3-10-11(15)12(16)18-13(17-10)8-5-4-7(2)9(14)6-8/h4-6H,3H2,1-2H3,(H2,16,17,18). The van der Waals surface area contributed by atoms with E-state index < -0.39 is 0 Å². The molecule has 0 atom stereocenters. The molecule has 2 rings (SSSR count). The van der Waals surface area contributed by atoms with Gasteiger partial charge in [0.2, 0.25) is 0 Å². The Kier molecular flexibility index (Phi) is 4.02. The van der Waals surface area contributed by atoms with Gasteiger partial charge < -0.3 is 5.73 Å². The van der Waals surface area contributed by atoms with Crippen LogP contribution in [0.15, 0.2) is 27.1 Å². The fraction of sp³-hybridized carbons (Fsp3) is 0.231. The number of nitrogens with zero attached hydrogens (tertiary/aromatic N) is 2. The second kappa shape index (κ2) is 5.36. The fourth-order valence-electron chi connectivity index (χ4n) is 1.61. The number of hydrogen-bond donors (Lipinski definition) is 1. The average Bonchev–Trinajstić information content (AvgIpc) is 2.36. The first kappa shape index (κ1) is 13.5. The van der Waals surface area contributed by atoms with E-state index in [0.717, 1.165) is 26.6 Å². The van der Waals surface area contributed by atoms with E-state index in [1.54, 1.807) is 0 Å². The maximum absolute atomic E-state index is 5.89. The summed E-state index contributed by atoms with van der Waals surface area (Å²) >= 11 is 6.93. The van der Waals surface area contributed by atoms with Gasteiger partial charge in [-0.15, -0.1) is 0 Å². The molecule has 0 saturated heterocycles. The van der Waals surface area contributed by atoms with Crippen LogP contribution in [-0.2, 0) is 6.42 Å². The van der Waals surface area contributed by atoms with Crippen LogP contribution in [0.5, 0.6) is 0 Å². The van der Waals surface area contributed by atoms with Crippen molar-refractivity contribution < 1.29 is 0 Å². The molecular weight excluding hydrogens is 358 g/mol. The van der Waals surface area contributed by atoms with Crippen LogP contribution in [0, 0.1) is 6.92 Å². The summed E-state index contributed by atoms with van der Waals surface area (Å²) in [5, 5.41) is 0. The third-order valence-corrected chi connectivity index (χ3v) is 4.43. The third-order valence-electron chi connectivity index (χ3n) is 2.71. The zero-order valence-corrected chi connectivity index (χ0v) is 13.3. The summed E-state index contributed by atoms with van der Waals surface area (Å²) < 4.78 is 1.84. The second-order valence-electron chi connectivity index (χ2n) is 4.01. The Morgan fingerprint density at radius 1 is 1.22 bits per heavy atom. The van der Waals surface area contributed by atoms with E-state index in [9.17, 15) is 0 Å². The lowest BCUT2D eigenvalue weighted by atomic mass is 10.1. The van der Waals surface area contributed by atoms with Crippen molar-refractivity contribution in [2.75, 3.05) is 5.73 Å². The molecule has 5 heteroatoms. The largest absolute Gasteiger partial charge is 0.383 e. The topological polar surface area (TPSA) is 51.8 Å². The number of hydrogen-bond acceptors (Lipinski definition) is 3. The summed E-state index contributed by atoms with van der Waals surface area (Å²) in [6, 6.07) is 6.05. The van der Waals surface area contributed by atoms with Gasteiger partial charge in [0.25, 0.3) is 0 Å². The average molecular weight is 371 g/mol. The summed E-state index contributed by atoms with van der Waals surface area (Å²) in [6.07, 6.45) is 0.813. The maximum Gasteiger partial charge on any atom is 0.161 e. The van der Waals surface area contributed by atoms with Crippen molar-refractivity contribution in [2.24, 2.45) is 0 Å². The lowest BCUT2D eigenvalue weighted by Gasteiger charge is -2.08. The molecule has 0 spiro atoms. The predicted molar refractivity (Wildman–Crippen MR) is 81.4 cm³/mol. The van der Waals surface area contributed by atoms with Gasteiger partial charge >= 0.3 is 0 Å². The van der Waals surface area contributed by atoms with Crippen molar-refractivity contribution in [3.8, 4) is 11.4 Å². The third kappa shape index (κ3) is 2.57. The smallest absolute Gasteiger partial charge is 0.161 e. The molecule has 3 nitrogen and oxygen atoms in total.